The summed E-state index contributed by atoms with van der Waals surface area (Å²) in [6, 6.07) is 0.880. The predicted octanol–water partition coefficient (Wildman–Crippen LogP) is 3.70. The molecule has 0 aromatic heterocycles. The van der Waals surface area contributed by atoms with E-state index in [-0.39, 0.29) is 12.1 Å². The number of nitrogens with one attached hydrogen (secondary N) is 2. The van der Waals surface area contributed by atoms with E-state index in [9.17, 15) is 4.79 Å². The van der Waals surface area contributed by atoms with Crippen molar-refractivity contribution in [3.05, 3.63) is 0 Å². The van der Waals surface area contributed by atoms with Crippen LogP contribution in [0.4, 0.5) is 4.79 Å². The molecule has 4 bridgehead atoms. The van der Waals surface area contributed by atoms with E-state index in [0.29, 0.717) is 0 Å². The van der Waals surface area contributed by atoms with Crippen molar-refractivity contribution in [3.63, 3.8) is 0 Å². The van der Waals surface area contributed by atoms with Crippen LogP contribution in [-0.2, 0) is 4.74 Å². The fourth-order valence-corrected chi connectivity index (χ4v) is 5.31. The van der Waals surface area contributed by atoms with Gasteiger partial charge in [0.1, 0.15) is 5.60 Å². The van der Waals surface area contributed by atoms with E-state index in [1.807, 2.05) is 20.8 Å². The highest BCUT2D eigenvalue weighted by atomic mass is 16.6. The number of hydrogen-bond acceptors (Lipinski definition) is 3. The minimum Gasteiger partial charge on any atom is -0.444 e. The molecule has 4 fully saturated rings. The van der Waals surface area contributed by atoms with Crippen molar-refractivity contribution in [1.82, 2.24) is 10.6 Å². The van der Waals surface area contributed by atoms with Crippen molar-refractivity contribution in [2.24, 2.45) is 23.7 Å². The maximum atomic E-state index is 11.8. The quantitative estimate of drug-likeness (QED) is 0.811. The third-order valence-electron chi connectivity index (χ3n) is 5.95. The van der Waals surface area contributed by atoms with Crippen molar-refractivity contribution in [1.29, 1.82) is 0 Å². The molecule has 4 rings (SSSR count). The van der Waals surface area contributed by atoms with Crippen molar-refractivity contribution >= 4 is 6.09 Å². The Morgan fingerprint density at radius 3 is 2.17 bits per heavy atom. The monoisotopic (exact) mass is 322 g/mol. The largest absolute Gasteiger partial charge is 0.444 e. The first-order valence-electron chi connectivity index (χ1n) is 9.53. The first-order chi connectivity index (χ1) is 10.8. The highest BCUT2D eigenvalue weighted by molar-refractivity contribution is 5.67. The molecule has 0 spiro atoms. The molecule has 4 saturated carbocycles. The van der Waals surface area contributed by atoms with Gasteiger partial charge in [-0.2, -0.15) is 0 Å². The second-order valence-corrected chi connectivity index (χ2v) is 9.25. The van der Waals surface area contributed by atoms with Gasteiger partial charge in [-0.05, 0) is 96.4 Å². The van der Waals surface area contributed by atoms with E-state index >= 15 is 0 Å². The molecule has 4 aliphatic carbocycles. The Balaban J connectivity index is 1.37. The first-order valence-corrected chi connectivity index (χ1v) is 9.53. The number of alkyl carbamates (subject to hydrolysis) is 1. The number of hydrogen-bond donors (Lipinski definition) is 2. The van der Waals surface area contributed by atoms with Gasteiger partial charge in [0, 0.05) is 12.1 Å². The van der Waals surface area contributed by atoms with Gasteiger partial charge in [-0.15, -0.1) is 0 Å². The Hall–Kier alpha value is -0.770. The van der Waals surface area contributed by atoms with Gasteiger partial charge < -0.3 is 15.4 Å². The van der Waals surface area contributed by atoms with Crippen LogP contribution in [0.2, 0.25) is 0 Å². The van der Waals surface area contributed by atoms with Crippen LogP contribution in [0, 0.1) is 23.7 Å². The van der Waals surface area contributed by atoms with Gasteiger partial charge in [-0.3, -0.25) is 0 Å². The zero-order valence-electron chi connectivity index (χ0n) is 15.2. The van der Waals surface area contributed by atoms with Crippen LogP contribution in [0.25, 0.3) is 0 Å². The number of carbonyl (C=O) groups is 1. The highest BCUT2D eigenvalue weighted by Crippen LogP contribution is 2.53. The molecule has 0 saturated heterocycles. The van der Waals surface area contributed by atoms with E-state index in [2.05, 4.69) is 17.6 Å². The van der Waals surface area contributed by atoms with Crippen molar-refractivity contribution in [3.8, 4) is 0 Å². The minimum absolute atomic E-state index is 0.147. The lowest BCUT2D eigenvalue weighted by Crippen LogP contribution is -2.55. The summed E-state index contributed by atoms with van der Waals surface area (Å²) in [6.45, 7) is 8.73. The fourth-order valence-electron chi connectivity index (χ4n) is 5.31. The summed E-state index contributed by atoms with van der Waals surface area (Å²) in [7, 11) is 0. The van der Waals surface area contributed by atoms with Crippen LogP contribution < -0.4 is 10.6 Å². The average molecular weight is 322 g/mol. The third-order valence-corrected chi connectivity index (χ3v) is 5.95. The molecule has 4 heteroatoms. The number of amides is 1. The molecule has 0 aromatic carbocycles. The number of carbonyl (C=O) groups excluding carboxylic acids is 1. The molecule has 4 nitrogen and oxygen atoms in total. The summed E-state index contributed by atoms with van der Waals surface area (Å²) >= 11 is 0. The van der Waals surface area contributed by atoms with Crippen LogP contribution in [0.3, 0.4) is 0 Å². The van der Waals surface area contributed by atoms with Crippen molar-refractivity contribution in [2.45, 2.75) is 83.9 Å². The first kappa shape index (κ1) is 17.1. The lowest BCUT2D eigenvalue weighted by atomic mass is 9.54. The minimum atomic E-state index is -0.428. The molecule has 0 aliphatic heterocycles. The van der Waals surface area contributed by atoms with Gasteiger partial charge in [0.15, 0.2) is 0 Å². The third kappa shape index (κ3) is 4.40. The molecule has 132 valence electrons. The predicted molar refractivity (Wildman–Crippen MR) is 92.3 cm³/mol. The molecule has 23 heavy (non-hydrogen) atoms. The van der Waals surface area contributed by atoms with Crippen LogP contribution in [0.5, 0.6) is 0 Å². The zero-order chi connectivity index (χ0) is 16.6. The summed E-state index contributed by atoms with van der Waals surface area (Å²) < 4.78 is 5.31. The summed E-state index contributed by atoms with van der Waals surface area (Å²) in [5.41, 5.74) is -0.428. The molecule has 0 heterocycles. The molecule has 0 radical (unpaired) electrons. The Bertz CT molecular complexity index is 402. The van der Waals surface area contributed by atoms with Gasteiger partial charge in [-0.1, -0.05) is 0 Å². The Labute approximate surface area is 141 Å². The summed E-state index contributed by atoms with van der Waals surface area (Å²) in [4.78, 5) is 11.8. The summed E-state index contributed by atoms with van der Waals surface area (Å²) in [5, 5.41) is 6.76. The van der Waals surface area contributed by atoms with E-state index < -0.39 is 5.60 Å². The van der Waals surface area contributed by atoms with E-state index in [0.717, 1.165) is 42.7 Å². The number of rotatable bonds is 5. The van der Waals surface area contributed by atoms with E-state index in [1.54, 1.807) is 0 Å². The number of ether oxygens (including phenoxy) is 1. The molecular weight excluding hydrogens is 288 g/mol. The summed E-state index contributed by atoms with van der Waals surface area (Å²) in [5.74, 6) is 3.90. The Morgan fingerprint density at radius 1 is 1.09 bits per heavy atom. The lowest BCUT2D eigenvalue weighted by molar-refractivity contribution is -0.0137. The van der Waals surface area contributed by atoms with Crippen LogP contribution in [-0.4, -0.2) is 30.3 Å². The van der Waals surface area contributed by atoms with Crippen LogP contribution in [0.15, 0.2) is 0 Å². The van der Waals surface area contributed by atoms with Gasteiger partial charge in [0.2, 0.25) is 0 Å². The molecule has 2 N–H and O–H groups in total. The van der Waals surface area contributed by atoms with Crippen molar-refractivity contribution in [2.75, 3.05) is 6.54 Å². The molecule has 1 unspecified atom stereocenters. The lowest BCUT2D eigenvalue weighted by Gasteiger charge is -2.54. The van der Waals surface area contributed by atoms with Crippen LogP contribution >= 0.6 is 0 Å². The molecule has 0 aromatic rings. The average Bonchev–Trinajstić information content (AvgIpc) is 2.38. The molecule has 1 atom stereocenters. The maximum absolute atomic E-state index is 11.8. The van der Waals surface area contributed by atoms with E-state index in [4.69, 9.17) is 4.74 Å². The molecule has 4 aliphatic rings. The molecular formula is C19H34N2O2. The van der Waals surface area contributed by atoms with Gasteiger partial charge in [0.05, 0.1) is 0 Å². The Morgan fingerprint density at radius 2 is 1.65 bits per heavy atom. The zero-order valence-corrected chi connectivity index (χ0v) is 15.2. The van der Waals surface area contributed by atoms with Crippen molar-refractivity contribution < 1.29 is 9.53 Å². The second-order valence-electron chi connectivity index (χ2n) is 9.25. The second kappa shape index (κ2) is 6.62. The SMILES string of the molecule is CC(CCNC1C2CC3CC(C2)CC1C3)NC(=O)OC(C)(C)C. The van der Waals surface area contributed by atoms with E-state index in [1.165, 1.54) is 32.1 Å². The maximum Gasteiger partial charge on any atom is 0.407 e. The normalized spacial score (nSPS) is 36.8. The summed E-state index contributed by atoms with van der Waals surface area (Å²) in [6.07, 6.45) is 7.98. The van der Waals surface area contributed by atoms with Gasteiger partial charge in [0.25, 0.3) is 0 Å². The van der Waals surface area contributed by atoms with Gasteiger partial charge >= 0.3 is 6.09 Å². The topological polar surface area (TPSA) is 50.4 Å². The Kier molecular flexibility index (Phi) is 4.91. The standard InChI is InChI=1S/C19H34N2O2/c1-12(21-18(22)23-19(2,3)4)5-6-20-17-15-8-13-7-14(10-15)11-16(17)9-13/h12-17,20H,5-11H2,1-4H3,(H,21,22). The smallest absolute Gasteiger partial charge is 0.407 e. The van der Waals surface area contributed by atoms with Crippen LogP contribution in [0.1, 0.15) is 66.2 Å². The highest BCUT2D eigenvalue weighted by Gasteiger charge is 2.47. The van der Waals surface area contributed by atoms with Gasteiger partial charge in [-0.25, -0.2) is 4.79 Å². The molecule has 1 amide bonds. The fraction of sp³-hybridized carbons (Fsp3) is 0.947.